The van der Waals surface area contributed by atoms with E-state index in [4.69, 9.17) is 9.47 Å². The van der Waals surface area contributed by atoms with Crippen LogP contribution in [0.2, 0.25) is 24.7 Å². The Labute approximate surface area is 174 Å². The van der Waals surface area contributed by atoms with Gasteiger partial charge in [-0.25, -0.2) is 4.79 Å². The molecule has 0 aliphatic rings. The highest BCUT2D eigenvalue weighted by molar-refractivity contribution is 6.82. The van der Waals surface area contributed by atoms with E-state index in [0.29, 0.717) is 12.0 Å². The first-order valence-corrected chi connectivity index (χ1v) is 13.2. The van der Waals surface area contributed by atoms with Gasteiger partial charge >= 0.3 is 11.9 Å². The predicted octanol–water partition coefficient (Wildman–Crippen LogP) is 5.13. The van der Waals surface area contributed by atoms with E-state index in [1.54, 1.807) is 0 Å². The lowest BCUT2D eigenvalue weighted by atomic mass is 9.90. The molecule has 2 aromatic carbocycles. The quantitative estimate of drug-likeness (QED) is 0.344. The fraction of sp³-hybridized carbons (Fsp3) is 0.333. The SMILES string of the molecule is COC(=O)/C(=C\c1ccccc1)CC(Cc1ccccc1)(C(=O)OC)[Si](C)(C)C. The first kappa shape index (κ1) is 22.6. The van der Waals surface area contributed by atoms with Gasteiger partial charge in [0.2, 0.25) is 0 Å². The highest BCUT2D eigenvalue weighted by Crippen LogP contribution is 2.48. The van der Waals surface area contributed by atoms with Crippen molar-refractivity contribution in [2.75, 3.05) is 14.2 Å². The van der Waals surface area contributed by atoms with E-state index in [2.05, 4.69) is 19.6 Å². The smallest absolute Gasteiger partial charge is 0.333 e. The van der Waals surface area contributed by atoms with Gasteiger partial charge in [-0.05, 0) is 30.0 Å². The summed E-state index contributed by atoms with van der Waals surface area (Å²) in [4.78, 5) is 25.9. The molecule has 0 aliphatic heterocycles. The molecule has 2 aromatic rings. The topological polar surface area (TPSA) is 52.6 Å². The van der Waals surface area contributed by atoms with Crippen molar-refractivity contribution in [3.8, 4) is 0 Å². The number of hydrogen-bond donors (Lipinski definition) is 0. The number of benzene rings is 2. The Kier molecular flexibility index (Phi) is 7.57. The van der Waals surface area contributed by atoms with Crippen LogP contribution in [0.3, 0.4) is 0 Å². The lowest BCUT2D eigenvalue weighted by molar-refractivity contribution is -0.144. The minimum absolute atomic E-state index is 0.270. The molecule has 0 aromatic heterocycles. The van der Waals surface area contributed by atoms with Gasteiger partial charge in [0.15, 0.2) is 0 Å². The molecule has 0 amide bonds. The molecule has 2 rings (SSSR count). The van der Waals surface area contributed by atoms with Crippen LogP contribution in [-0.2, 0) is 25.5 Å². The van der Waals surface area contributed by atoms with Gasteiger partial charge in [-0.1, -0.05) is 80.3 Å². The third-order valence-corrected chi connectivity index (χ3v) is 8.87. The van der Waals surface area contributed by atoms with Crippen LogP contribution in [0.1, 0.15) is 17.5 Å². The lowest BCUT2D eigenvalue weighted by Gasteiger charge is -2.41. The maximum Gasteiger partial charge on any atom is 0.333 e. The Morgan fingerprint density at radius 2 is 1.45 bits per heavy atom. The molecule has 5 heteroatoms. The third kappa shape index (κ3) is 5.45. The fourth-order valence-corrected chi connectivity index (χ4v) is 5.74. The molecule has 0 radical (unpaired) electrons. The third-order valence-electron chi connectivity index (χ3n) is 5.44. The monoisotopic (exact) mass is 410 g/mol. The van der Waals surface area contributed by atoms with Crippen molar-refractivity contribution in [1.82, 2.24) is 0 Å². The van der Waals surface area contributed by atoms with Crippen molar-refractivity contribution in [1.29, 1.82) is 0 Å². The van der Waals surface area contributed by atoms with E-state index in [9.17, 15) is 9.59 Å². The molecule has 0 aliphatic carbocycles. The molecule has 0 heterocycles. The summed E-state index contributed by atoms with van der Waals surface area (Å²) in [5, 5.41) is -0.808. The highest BCUT2D eigenvalue weighted by atomic mass is 28.3. The van der Waals surface area contributed by atoms with E-state index >= 15 is 0 Å². The second-order valence-corrected chi connectivity index (χ2v) is 13.7. The summed E-state index contributed by atoms with van der Waals surface area (Å²) in [5.41, 5.74) is 2.41. The first-order chi connectivity index (χ1) is 13.7. The summed E-state index contributed by atoms with van der Waals surface area (Å²) < 4.78 is 10.4. The molecule has 0 bridgehead atoms. The van der Waals surface area contributed by atoms with Crippen LogP contribution >= 0.6 is 0 Å². The van der Waals surface area contributed by atoms with E-state index in [1.165, 1.54) is 14.2 Å². The molecule has 0 N–H and O–H groups in total. The largest absolute Gasteiger partial charge is 0.469 e. The van der Waals surface area contributed by atoms with Gasteiger partial charge < -0.3 is 9.47 Å². The number of methoxy groups -OCH3 is 2. The molecule has 0 spiro atoms. The van der Waals surface area contributed by atoms with Gasteiger partial charge in [0.05, 0.1) is 27.3 Å². The molecular formula is C24H30O4Si. The standard InChI is InChI=1S/C24H30O4Si/c1-27-22(25)21(16-19-12-8-6-9-13-19)18-24(23(26)28-2,29(3,4)5)17-20-14-10-7-11-15-20/h6-16H,17-18H2,1-5H3/b21-16-. The van der Waals surface area contributed by atoms with Gasteiger partial charge in [-0.15, -0.1) is 0 Å². The molecular weight excluding hydrogens is 380 g/mol. The number of hydrogen-bond acceptors (Lipinski definition) is 4. The minimum atomic E-state index is -2.17. The number of rotatable bonds is 8. The molecule has 1 unspecified atom stereocenters. The summed E-state index contributed by atoms with van der Waals surface area (Å²) >= 11 is 0. The molecule has 0 saturated heterocycles. The molecule has 4 nitrogen and oxygen atoms in total. The number of ether oxygens (including phenoxy) is 2. The Morgan fingerprint density at radius 3 is 1.93 bits per heavy atom. The van der Waals surface area contributed by atoms with Crippen LogP contribution in [0.4, 0.5) is 0 Å². The predicted molar refractivity (Wildman–Crippen MR) is 119 cm³/mol. The van der Waals surface area contributed by atoms with Crippen molar-refractivity contribution in [2.45, 2.75) is 37.5 Å². The van der Waals surface area contributed by atoms with Gasteiger partial charge in [0.25, 0.3) is 0 Å². The van der Waals surface area contributed by atoms with Crippen molar-refractivity contribution in [3.05, 3.63) is 77.4 Å². The zero-order chi connectivity index (χ0) is 21.5. The van der Waals surface area contributed by atoms with E-state index in [-0.39, 0.29) is 12.4 Å². The van der Waals surface area contributed by atoms with Gasteiger partial charge in [-0.3, -0.25) is 4.79 Å². The number of carbonyl (C=O) groups excluding carboxylic acids is 2. The summed E-state index contributed by atoms with van der Waals surface area (Å²) in [6.07, 6.45) is 2.60. The molecule has 0 saturated carbocycles. The van der Waals surface area contributed by atoms with Crippen molar-refractivity contribution in [2.24, 2.45) is 0 Å². The summed E-state index contributed by atoms with van der Waals surface area (Å²) in [6.45, 7) is 6.43. The van der Waals surface area contributed by atoms with E-state index in [0.717, 1.165) is 11.1 Å². The second kappa shape index (κ2) is 9.70. The zero-order valence-electron chi connectivity index (χ0n) is 17.9. The van der Waals surface area contributed by atoms with Crippen LogP contribution in [0.15, 0.2) is 66.2 Å². The molecule has 154 valence electrons. The number of esters is 2. The molecule has 0 fully saturated rings. The lowest BCUT2D eigenvalue weighted by Crippen LogP contribution is -2.48. The van der Waals surface area contributed by atoms with Crippen molar-refractivity contribution >= 4 is 26.1 Å². The average molecular weight is 411 g/mol. The van der Waals surface area contributed by atoms with E-state index in [1.807, 2.05) is 66.7 Å². The zero-order valence-corrected chi connectivity index (χ0v) is 18.9. The van der Waals surface area contributed by atoms with Gasteiger partial charge in [-0.2, -0.15) is 0 Å². The first-order valence-electron chi connectivity index (χ1n) is 9.70. The molecule has 29 heavy (non-hydrogen) atoms. The Bertz CT molecular complexity index is 853. The maximum atomic E-state index is 13.2. The maximum absolute atomic E-state index is 13.2. The molecule has 1 atom stereocenters. The Balaban J connectivity index is 2.60. The van der Waals surface area contributed by atoms with Crippen molar-refractivity contribution in [3.63, 3.8) is 0 Å². The average Bonchev–Trinajstić information content (AvgIpc) is 2.72. The van der Waals surface area contributed by atoms with Crippen LogP contribution in [-0.4, -0.2) is 34.2 Å². The van der Waals surface area contributed by atoms with Crippen LogP contribution in [0, 0.1) is 0 Å². The Hall–Kier alpha value is -2.66. The summed E-state index contributed by atoms with van der Waals surface area (Å²) in [6, 6.07) is 19.5. The summed E-state index contributed by atoms with van der Waals surface area (Å²) in [5.74, 6) is -0.697. The fourth-order valence-electron chi connectivity index (χ4n) is 3.57. The number of carbonyl (C=O) groups is 2. The van der Waals surface area contributed by atoms with Crippen molar-refractivity contribution < 1.29 is 19.1 Å². The Morgan fingerprint density at radius 1 is 0.897 bits per heavy atom. The van der Waals surface area contributed by atoms with Crippen LogP contribution in [0.25, 0.3) is 6.08 Å². The van der Waals surface area contributed by atoms with Crippen LogP contribution in [0.5, 0.6) is 0 Å². The summed E-state index contributed by atoms with van der Waals surface area (Å²) in [7, 11) is 0.620. The van der Waals surface area contributed by atoms with Crippen LogP contribution < -0.4 is 0 Å². The van der Waals surface area contributed by atoms with Gasteiger partial charge in [0.1, 0.15) is 0 Å². The minimum Gasteiger partial charge on any atom is -0.469 e. The highest BCUT2D eigenvalue weighted by Gasteiger charge is 2.51. The second-order valence-electron chi connectivity index (χ2n) is 8.23. The van der Waals surface area contributed by atoms with E-state index < -0.39 is 19.1 Å². The van der Waals surface area contributed by atoms with Gasteiger partial charge in [0, 0.05) is 5.57 Å². The normalized spacial score (nSPS) is 14.0.